The van der Waals surface area contributed by atoms with Crippen molar-refractivity contribution >= 4 is 34.2 Å². The number of rotatable bonds is 6. The zero-order valence-electron chi connectivity index (χ0n) is 18.6. The summed E-state index contributed by atoms with van der Waals surface area (Å²) in [6.07, 6.45) is 1.20. The van der Waals surface area contributed by atoms with Crippen LogP contribution in [0.1, 0.15) is 26.5 Å². The van der Waals surface area contributed by atoms with Crippen molar-refractivity contribution in [2.45, 2.75) is 6.54 Å². The minimum absolute atomic E-state index is 0.145. The number of hydrogen-bond donors (Lipinski definition) is 3. The van der Waals surface area contributed by atoms with Gasteiger partial charge in [0.05, 0.1) is 12.1 Å². The average Bonchev–Trinajstić information content (AvgIpc) is 3.53. The Labute approximate surface area is 195 Å². The topological polar surface area (TPSA) is 132 Å². The molecule has 3 heterocycles. The van der Waals surface area contributed by atoms with Crippen LogP contribution in [0.25, 0.3) is 10.9 Å². The van der Waals surface area contributed by atoms with Gasteiger partial charge in [-0.25, -0.2) is 0 Å². The van der Waals surface area contributed by atoms with Crippen LogP contribution in [-0.2, 0) is 6.54 Å². The smallest absolute Gasteiger partial charge is 0.256 e. The molecule has 174 valence electrons. The monoisotopic (exact) mass is 460 g/mol. The summed E-state index contributed by atoms with van der Waals surface area (Å²) in [5, 5.41) is 17.0. The number of nitrogens with one attached hydrogen (secondary N) is 3. The standard InChI is InChI=1S/C23H24N8O3/c1-30-8-10-31(11-9-30)17-5-2-15(3-6-17)23(33)26-21-18-12-16(4-7-19(18)27-28-21)22(32)24-13-20-25-14-34-29-20/h2-7,12,14H,8-11,13H2,1H3,(H,24,32)(H2,26,27,28,33). The molecule has 1 fully saturated rings. The summed E-state index contributed by atoms with van der Waals surface area (Å²) in [7, 11) is 2.12. The zero-order chi connectivity index (χ0) is 23.5. The SMILES string of the molecule is CN1CCN(c2ccc(C(=O)Nc3n[nH]c4ccc(C(=O)NCc5ncon5)cc34)cc2)CC1. The number of likely N-dealkylation sites (N-methyl/N-ethyl adjacent to an activating group) is 1. The van der Waals surface area contributed by atoms with Crippen molar-refractivity contribution in [2.24, 2.45) is 0 Å². The molecule has 1 aliphatic rings. The molecule has 34 heavy (non-hydrogen) atoms. The molecule has 0 atom stereocenters. The van der Waals surface area contributed by atoms with Crippen molar-refractivity contribution in [1.82, 2.24) is 30.6 Å². The fourth-order valence-electron chi connectivity index (χ4n) is 3.85. The highest BCUT2D eigenvalue weighted by molar-refractivity contribution is 6.09. The third-order valence-corrected chi connectivity index (χ3v) is 5.87. The van der Waals surface area contributed by atoms with Crippen LogP contribution < -0.4 is 15.5 Å². The predicted molar refractivity (Wildman–Crippen MR) is 126 cm³/mol. The summed E-state index contributed by atoms with van der Waals surface area (Å²) in [6, 6.07) is 12.7. The van der Waals surface area contributed by atoms with Crippen LogP contribution >= 0.6 is 0 Å². The van der Waals surface area contributed by atoms with Crippen LogP contribution in [0.5, 0.6) is 0 Å². The van der Waals surface area contributed by atoms with Gasteiger partial charge in [0, 0.05) is 48.4 Å². The third kappa shape index (κ3) is 4.59. The summed E-state index contributed by atoms with van der Waals surface area (Å²) < 4.78 is 4.66. The van der Waals surface area contributed by atoms with Gasteiger partial charge in [-0.05, 0) is 49.5 Å². The van der Waals surface area contributed by atoms with Crippen molar-refractivity contribution in [2.75, 3.05) is 43.4 Å². The molecular weight excluding hydrogens is 436 g/mol. The summed E-state index contributed by atoms with van der Waals surface area (Å²) in [5.41, 5.74) is 2.76. The van der Waals surface area contributed by atoms with Gasteiger partial charge in [-0.2, -0.15) is 10.1 Å². The molecule has 2 aromatic heterocycles. The Morgan fingerprint density at radius 3 is 2.53 bits per heavy atom. The first-order chi connectivity index (χ1) is 16.6. The normalized spacial score (nSPS) is 14.3. The number of amides is 2. The molecule has 1 aliphatic heterocycles. The summed E-state index contributed by atoms with van der Waals surface area (Å²) in [6.45, 7) is 4.11. The number of aromatic nitrogens is 4. The summed E-state index contributed by atoms with van der Waals surface area (Å²) in [4.78, 5) is 33.9. The Kier molecular flexibility index (Phi) is 5.91. The molecule has 4 aromatic rings. The molecule has 0 aliphatic carbocycles. The van der Waals surface area contributed by atoms with E-state index in [4.69, 9.17) is 0 Å². The fourth-order valence-corrected chi connectivity index (χ4v) is 3.85. The van der Waals surface area contributed by atoms with E-state index in [2.05, 4.69) is 52.3 Å². The average molecular weight is 460 g/mol. The highest BCUT2D eigenvalue weighted by Gasteiger charge is 2.17. The number of benzene rings is 2. The fraction of sp³-hybridized carbons (Fsp3) is 0.261. The lowest BCUT2D eigenvalue weighted by atomic mass is 10.1. The van der Waals surface area contributed by atoms with Gasteiger partial charge in [0.2, 0.25) is 6.39 Å². The second-order valence-electron chi connectivity index (χ2n) is 8.15. The van der Waals surface area contributed by atoms with E-state index in [1.165, 1.54) is 6.39 Å². The van der Waals surface area contributed by atoms with Crippen molar-refractivity contribution in [1.29, 1.82) is 0 Å². The largest absolute Gasteiger partial charge is 0.369 e. The number of piperazine rings is 1. The van der Waals surface area contributed by atoms with Gasteiger partial charge in [0.15, 0.2) is 11.6 Å². The molecule has 2 aromatic carbocycles. The molecule has 0 radical (unpaired) electrons. The molecule has 1 saturated heterocycles. The van der Waals surface area contributed by atoms with Crippen LogP contribution in [0, 0.1) is 0 Å². The van der Waals surface area contributed by atoms with Gasteiger partial charge < -0.3 is 25.0 Å². The van der Waals surface area contributed by atoms with E-state index in [0.29, 0.717) is 33.7 Å². The maximum absolute atomic E-state index is 12.9. The number of carbonyl (C=O) groups excluding carboxylic acids is 2. The highest BCUT2D eigenvalue weighted by atomic mass is 16.5. The Balaban J connectivity index is 1.27. The van der Waals surface area contributed by atoms with Crippen molar-refractivity contribution < 1.29 is 14.1 Å². The Morgan fingerprint density at radius 1 is 1.03 bits per heavy atom. The predicted octanol–water partition coefficient (Wildman–Crippen LogP) is 1.88. The summed E-state index contributed by atoms with van der Waals surface area (Å²) >= 11 is 0. The van der Waals surface area contributed by atoms with Crippen LogP contribution in [0.2, 0.25) is 0 Å². The van der Waals surface area contributed by atoms with Crippen LogP contribution in [0.3, 0.4) is 0 Å². The van der Waals surface area contributed by atoms with E-state index in [1.54, 1.807) is 18.2 Å². The molecule has 2 amide bonds. The second kappa shape index (κ2) is 9.32. The minimum atomic E-state index is -0.301. The first-order valence-electron chi connectivity index (χ1n) is 10.9. The van der Waals surface area contributed by atoms with Crippen molar-refractivity contribution in [3.05, 3.63) is 65.8 Å². The maximum Gasteiger partial charge on any atom is 0.256 e. The molecule has 0 unspecified atom stereocenters. The van der Waals surface area contributed by atoms with Crippen molar-refractivity contribution in [3.63, 3.8) is 0 Å². The number of hydrogen-bond acceptors (Lipinski definition) is 8. The Hall–Kier alpha value is -4.25. The van der Waals surface area contributed by atoms with E-state index in [-0.39, 0.29) is 18.4 Å². The first kappa shape index (κ1) is 21.6. The Bertz CT molecular complexity index is 1290. The summed E-state index contributed by atoms with van der Waals surface area (Å²) in [5.74, 6) is 0.162. The van der Waals surface area contributed by atoms with Crippen LogP contribution in [0.15, 0.2) is 53.4 Å². The first-order valence-corrected chi connectivity index (χ1v) is 10.9. The molecular formula is C23H24N8O3. The molecule has 0 saturated carbocycles. The Morgan fingerprint density at radius 2 is 1.79 bits per heavy atom. The van der Waals surface area contributed by atoms with E-state index >= 15 is 0 Å². The van der Waals surface area contributed by atoms with Gasteiger partial charge in [-0.1, -0.05) is 5.16 Å². The van der Waals surface area contributed by atoms with Gasteiger partial charge in [-0.3, -0.25) is 14.7 Å². The number of fused-ring (bicyclic) bond motifs is 1. The minimum Gasteiger partial charge on any atom is -0.369 e. The third-order valence-electron chi connectivity index (χ3n) is 5.87. The second-order valence-corrected chi connectivity index (χ2v) is 8.15. The van der Waals surface area contributed by atoms with E-state index in [9.17, 15) is 9.59 Å². The molecule has 5 rings (SSSR count). The number of anilines is 2. The van der Waals surface area contributed by atoms with Gasteiger partial charge in [0.1, 0.15) is 0 Å². The number of carbonyl (C=O) groups is 2. The molecule has 11 heteroatoms. The van der Waals surface area contributed by atoms with E-state index in [1.807, 2.05) is 24.3 Å². The maximum atomic E-state index is 12.9. The van der Waals surface area contributed by atoms with Gasteiger partial charge in [0.25, 0.3) is 11.8 Å². The van der Waals surface area contributed by atoms with Gasteiger partial charge in [-0.15, -0.1) is 0 Å². The quantitative estimate of drug-likeness (QED) is 0.397. The number of aromatic amines is 1. The van der Waals surface area contributed by atoms with Gasteiger partial charge >= 0.3 is 0 Å². The van der Waals surface area contributed by atoms with Crippen LogP contribution in [0.4, 0.5) is 11.5 Å². The van der Waals surface area contributed by atoms with Crippen LogP contribution in [-0.4, -0.2) is 70.3 Å². The number of H-pyrrole nitrogens is 1. The lowest BCUT2D eigenvalue weighted by Gasteiger charge is -2.34. The molecule has 11 nitrogen and oxygen atoms in total. The lowest BCUT2D eigenvalue weighted by Crippen LogP contribution is -2.44. The van der Waals surface area contributed by atoms with E-state index < -0.39 is 0 Å². The zero-order valence-corrected chi connectivity index (χ0v) is 18.6. The van der Waals surface area contributed by atoms with E-state index in [0.717, 1.165) is 31.9 Å². The molecule has 0 bridgehead atoms. The highest BCUT2D eigenvalue weighted by Crippen LogP contribution is 2.23. The lowest BCUT2D eigenvalue weighted by molar-refractivity contribution is 0.0949. The number of nitrogens with zero attached hydrogens (tertiary/aromatic N) is 5. The molecule has 3 N–H and O–H groups in total. The molecule has 0 spiro atoms. The van der Waals surface area contributed by atoms with Crippen molar-refractivity contribution in [3.8, 4) is 0 Å².